The first kappa shape index (κ1) is 24.4. The van der Waals surface area contributed by atoms with E-state index in [1.807, 2.05) is 0 Å². The predicted octanol–water partition coefficient (Wildman–Crippen LogP) is 5.75. The number of rotatable bonds is 11. The molecule has 0 N–H and O–H groups in total. The molecule has 0 aliphatic heterocycles. The molecule has 0 aliphatic carbocycles. The van der Waals surface area contributed by atoms with Crippen molar-refractivity contribution in [1.82, 2.24) is 0 Å². The quantitative estimate of drug-likeness (QED) is 0.240. The minimum Gasteiger partial charge on any atom is -0.459 e. The van der Waals surface area contributed by atoms with Crippen LogP contribution in [0, 0.1) is 0 Å². The summed E-state index contributed by atoms with van der Waals surface area (Å²) in [5.74, 6) is 0. The van der Waals surface area contributed by atoms with Crippen molar-refractivity contribution >= 4 is 51.0 Å². The highest BCUT2D eigenvalue weighted by atomic mass is 32.1. The van der Waals surface area contributed by atoms with Gasteiger partial charge in [-0.15, -0.1) is 0 Å². The van der Waals surface area contributed by atoms with E-state index in [1.54, 1.807) is 0 Å². The molecule has 0 rings (SSSR count). The van der Waals surface area contributed by atoms with Gasteiger partial charge in [0.05, 0.1) is 6.26 Å². The zero-order valence-corrected chi connectivity index (χ0v) is 21.8. The largest absolute Gasteiger partial charge is 0.469 e. The number of ether oxygens (including phenoxy) is 1. The summed E-state index contributed by atoms with van der Waals surface area (Å²) in [6.45, 7) is 23.3. The second-order valence-corrected chi connectivity index (χ2v) is 26.3. The molecule has 0 amide bonds. The first-order valence-corrected chi connectivity index (χ1v) is 21.0. The monoisotopic (exact) mass is 424 g/mol. The van der Waals surface area contributed by atoms with Crippen LogP contribution >= 0.6 is 12.2 Å². The van der Waals surface area contributed by atoms with Gasteiger partial charge in [0, 0.05) is 12.5 Å². The molecular weight excluding hydrogens is 389 g/mol. The standard InChI is InChI=1S/C15H36O4SSi4/c1-11-16-15(20)13-12-14-24(17-21(2,3)4,18-22(5,6)7)19-23(8,9)10/h11H,1,12-14H2,2-10H3. The molecule has 142 valence electrons. The first-order valence-electron chi connectivity index (χ1n) is 8.48. The van der Waals surface area contributed by atoms with Crippen molar-refractivity contribution in [1.29, 1.82) is 0 Å². The molecule has 0 heterocycles. The van der Waals surface area contributed by atoms with Gasteiger partial charge >= 0.3 is 8.80 Å². The van der Waals surface area contributed by atoms with Crippen molar-refractivity contribution in [3.63, 3.8) is 0 Å². The fraction of sp³-hybridized carbons (Fsp3) is 0.800. The van der Waals surface area contributed by atoms with Gasteiger partial charge in [0.2, 0.25) is 0 Å². The van der Waals surface area contributed by atoms with Crippen molar-refractivity contribution in [2.45, 2.75) is 77.8 Å². The molecule has 0 unspecified atom stereocenters. The fourth-order valence-electron chi connectivity index (χ4n) is 2.22. The topological polar surface area (TPSA) is 36.9 Å². The van der Waals surface area contributed by atoms with Gasteiger partial charge in [0.1, 0.15) is 0 Å². The molecule has 0 aromatic rings. The van der Waals surface area contributed by atoms with Crippen LogP contribution in [-0.2, 0) is 17.1 Å². The van der Waals surface area contributed by atoms with Crippen LogP contribution in [-0.4, -0.2) is 38.8 Å². The third-order valence-electron chi connectivity index (χ3n) is 2.46. The first-order chi connectivity index (χ1) is 10.6. The lowest BCUT2D eigenvalue weighted by molar-refractivity contribution is 0.250. The van der Waals surface area contributed by atoms with E-state index in [0.29, 0.717) is 11.5 Å². The van der Waals surface area contributed by atoms with Crippen LogP contribution in [0.1, 0.15) is 12.8 Å². The SMILES string of the molecule is C=COC(=S)CCC[Si](O[Si](C)(C)C)(O[Si](C)(C)C)O[Si](C)(C)C. The molecule has 0 bridgehead atoms. The van der Waals surface area contributed by atoms with Crippen LogP contribution in [0.3, 0.4) is 0 Å². The molecule has 9 heteroatoms. The minimum atomic E-state index is -2.75. The van der Waals surface area contributed by atoms with Crippen molar-refractivity contribution in [3.05, 3.63) is 12.8 Å². The van der Waals surface area contributed by atoms with Crippen LogP contribution in [0.15, 0.2) is 12.8 Å². The average molecular weight is 425 g/mol. The number of hydrogen-bond acceptors (Lipinski definition) is 5. The van der Waals surface area contributed by atoms with E-state index in [4.69, 9.17) is 29.3 Å². The van der Waals surface area contributed by atoms with Gasteiger partial charge in [0.15, 0.2) is 30.0 Å². The molecule has 4 nitrogen and oxygen atoms in total. The minimum absolute atomic E-state index is 0.557. The molecule has 0 atom stereocenters. The molecule has 0 aromatic carbocycles. The molecule has 0 saturated heterocycles. The van der Waals surface area contributed by atoms with Crippen molar-refractivity contribution in [3.8, 4) is 0 Å². The lowest BCUT2D eigenvalue weighted by atomic mass is 10.4. The number of hydrogen-bond donors (Lipinski definition) is 0. The molecule has 0 fully saturated rings. The molecule has 0 spiro atoms. The van der Waals surface area contributed by atoms with Gasteiger partial charge in [-0.25, -0.2) is 0 Å². The lowest BCUT2D eigenvalue weighted by Gasteiger charge is -2.42. The summed E-state index contributed by atoms with van der Waals surface area (Å²) < 4.78 is 25.0. The fourth-order valence-corrected chi connectivity index (χ4v) is 17.1. The van der Waals surface area contributed by atoms with Crippen LogP contribution < -0.4 is 0 Å². The van der Waals surface area contributed by atoms with E-state index >= 15 is 0 Å². The Hall–Kier alpha value is 0.378. The van der Waals surface area contributed by atoms with Crippen molar-refractivity contribution in [2.75, 3.05) is 0 Å². The lowest BCUT2D eigenvalue weighted by Crippen LogP contribution is -2.60. The van der Waals surface area contributed by atoms with Crippen LogP contribution in [0.4, 0.5) is 0 Å². The Morgan fingerprint density at radius 3 is 1.50 bits per heavy atom. The smallest absolute Gasteiger partial charge is 0.459 e. The third kappa shape index (κ3) is 12.7. The number of thiocarbonyl (C=S) groups is 1. The van der Waals surface area contributed by atoms with Gasteiger partial charge in [-0.2, -0.15) is 0 Å². The van der Waals surface area contributed by atoms with E-state index < -0.39 is 33.8 Å². The zero-order valence-electron chi connectivity index (χ0n) is 16.9. The summed E-state index contributed by atoms with van der Waals surface area (Å²) in [5.41, 5.74) is 0. The highest BCUT2D eigenvalue weighted by Crippen LogP contribution is 2.30. The van der Waals surface area contributed by atoms with Crippen molar-refractivity contribution < 1.29 is 17.1 Å². The average Bonchev–Trinajstić information content (AvgIpc) is 2.20. The van der Waals surface area contributed by atoms with E-state index in [-0.39, 0.29) is 0 Å². The highest BCUT2D eigenvalue weighted by Gasteiger charge is 2.49. The van der Waals surface area contributed by atoms with E-state index in [9.17, 15) is 0 Å². The maximum absolute atomic E-state index is 6.62. The van der Waals surface area contributed by atoms with Crippen LogP contribution in [0.25, 0.3) is 0 Å². The van der Waals surface area contributed by atoms with Crippen molar-refractivity contribution in [2.24, 2.45) is 0 Å². The Morgan fingerprint density at radius 1 is 0.833 bits per heavy atom. The second kappa shape index (κ2) is 9.35. The summed E-state index contributed by atoms with van der Waals surface area (Å²) in [4.78, 5) is 0. The van der Waals surface area contributed by atoms with Gasteiger partial charge in [-0.1, -0.05) is 6.58 Å². The van der Waals surface area contributed by atoms with Gasteiger partial charge in [-0.3, -0.25) is 0 Å². The Labute approximate surface area is 158 Å². The molecular formula is C15H36O4SSi4. The highest BCUT2D eigenvalue weighted by molar-refractivity contribution is 7.80. The summed E-state index contributed by atoms with van der Waals surface area (Å²) >= 11 is 5.20. The zero-order chi connectivity index (χ0) is 19.2. The van der Waals surface area contributed by atoms with E-state index in [1.165, 1.54) is 6.26 Å². The van der Waals surface area contributed by atoms with Crippen LogP contribution in [0.2, 0.25) is 65.0 Å². The molecule has 0 radical (unpaired) electrons. The summed E-state index contributed by atoms with van der Waals surface area (Å²) in [6, 6.07) is 0.784. The molecule has 0 saturated carbocycles. The Kier molecular flexibility index (Phi) is 9.50. The van der Waals surface area contributed by atoms with Gasteiger partial charge in [-0.05, 0) is 77.6 Å². The van der Waals surface area contributed by atoms with Crippen LogP contribution in [0.5, 0.6) is 0 Å². The second-order valence-electron chi connectivity index (χ2n) is 8.84. The predicted molar refractivity (Wildman–Crippen MR) is 117 cm³/mol. The Balaban J connectivity index is 5.38. The normalized spacial score (nSPS) is 13.7. The van der Waals surface area contributed by atoms with E-state index in [2.05, 4.69) is 65.5 Å². The van der Waals surface area contributed by atoms with E-state index in [0.717, 1.165) is 12.5 Å². The summed E-state index contributed by atoms with van der Waals surface area (Å²) in [5, 5.41) is 0.557. The summed E-state index contributed by atoms with van der Waals surface area (Å²) in [7, 11) is -8.17. The molecule has 0 aliphatic rings. The molecule has 24 heavy (non-hydrogen) atoms. The summed E-state index contributed by atoms with van der Waals surface area (Å²) in [6.07, 6.45) is 2.91. The Morgan fingerprint density at radius 2 is 1.21 bits per heavy atom. The maximum atomic E-state index is 6.62. The third-order valence-corrected chi connectivity index (χ3v) is 14.8. The molecule has 0 aromatic heterocycles. The maximum Gasteiger partial charge on any atom is 0.469 e. The Bertz CT molecular complexity index is 384. The van der Waals surface area contributed by atoms with Gasteiger partial charge < -0.3 is 17.1 Å². The van der Waals surface area contributed by atoms with Gasteiger partial charge in [0.25, 0.3) is 0 Å².